The van der Waals surface area contributed by atoms with Crippen molar-refractivity contribution >= 4 is 16.8 Å². The number of para-hydroxylation sites is 3. The third kappa shape index (κ3) is 3.45. The lowest BCUT2D eigenvalue weighted by molar-refractivity contribution is 0.0942. The summed E-state index contributed by atoms with van der Waals surface area (Å²) in [5.41, 5.74) is 1.49. The van der Waals surface area contributed by atoms with Gasteiger partial charge in [0.15, 0.2) is 11.5 Å². The summed E-state index contributed by atoms with van der Waals surface area (Å²) in [7, 11) is 1.60. The second kappa shape index (κ2) is 6.87. The van der Waals surface area contributed by atoms with Crippen molar-refractivity contribution in [3.8, 4) is 11.5 Å². The molecule has 0 spiro atoms. The van der Waals surface area contributed by atoms with Gasteiger partial charge < -0.3 is 19.8 Å². The van der Waals surface area contributed by atoms with Gasteiger partial charge in [-0.2, -0.15) is 0 Å². The summed E-state index contributed by atoms with van der Waals surface area (Å²) in [6, 6.07) is 17.0. The van der Waals surface area contributed by atoms with E-state index in [1.807, 2.05) is 54.6 Å². The number of rotatable bonds is 6. The number of amides is 1. The average Bonchev–Trinajstić information content (AvgIpc) is 3.03. The summed E-state index contributed by atoms with van der Waals surface area (Å²) in [5, 5.41) is 3.85. The summed E-state index contributed by atoms with van der Waals surface area (Å²) in [6.45, 7) is 0.776. The first-order valence-corrected chi connectivity index (χ1v) is 7.39. The smallest absolute Gasteiger partial charge is 0.267 e. The highest BCUT2D eigenvalue weighted by Crippen LogP contribution is 2.25. The third-order valence-corrected chi connectivity index (χ3v) is 3.49. The molecule has 0 saturated heterocycles. The second-order valence-electron chi connectivity index (χ2n) is 5.03. The molecule has 2 N–H and O–H groups in total. The molecule has 0 fully saturated rings. The van der Waals surface area contributed by atoms with Crippen molar-refractivity contribution in [3.63, 3.8) is 0 Å². The molecule has 3 aromatic rings. The minimum absolute atomic E-state index is 0.148. The molecule has 1 aromatic heterocycles. The summed E-state index contributed by atoms with van der Waals surface area (Å²) in [6.07, 6.45) is 0. The maximum absolute atomic E-state index is 12.1. The standard InChI is InChI=1S/C18H18N2O3/c1-22-16-8-4-5-9-17(16)23-11-10-19-18(21)15-12-13-6-2-3-7-14(13)20-15/h2-9,12,20H,10-11H2,1H3,(H,19,21). The number of aromatic amines is 1. The highest BCUT2D eigenvalue weighted by molar-refractivity contribution is 5.97. The van der Waals surface area contributed by atoms with Crippen LogP contribution in [0, 0.1) is 0 Å². The van der Waals surface area contributed by atoms with E-state index in [0.29, 0.717) is 30.3 Å². The van der Waals surface area contributed by atoms with Gasteiger partial charge in [-0.1, -0.05) is 30.3 Å². The molecule has 1 heterocycles. The van der Waals surface area contributed by atoms with Crippen molar-refractivity contribution in [2.75, 3.05) is 20.3 Å². The number of carbonyl (C=O) groups is 1. The van der Waals surface area contributed by atoms with Gasteiger partial charge in [0.05, 0.1) is 13.7 Å². The van der Waals surface area contributed by atoms with Crippen molar-refractivity contribution in [1.82, 2.24) is 10.3 Å². The molecule has 5 nitrogen and oxygen atoms in total. The number of benzene rings is 2. The normalized spacial score (nSPS) is 10.5. The van der Waals surface area contributed by atoms with Crippen LogP contribution in [-0.4, -0.2) is 31.2 Å². The first-order valence-electron chi connectivity index (χ1n) is 7.39. The molecule has 5 heteroatoms. The molecular weight excluding hydrogens is 292 g/mol. The van der Waals surface area contributed by atoms with Crippen molar-refractivity contribution in [2.45, 2.75) is 0 Å². The van der Waals surface area contributed by atoms with Crippen LogP contribution in [-0.2, 0) is 0 Å². The summed E-state index contributed by atoms with van der Waals surface area (Å²) in [4.78, 5) is 15.2. The van der Waals surface area contributed by atoms with E-state index in [-0.39, 0.29) is 5.91 Å². The lowest BCUT2D eigenvalue weighted by atomic mass is 10.2. The zero-order valence-electron chi connectivity index (χ0n) is 12.8. The van der Waals surface area contributed by atoms with E-state index in [9.17, 15) is 4.79 Å². The van der Waals surface area contributed by atoms with Gasteiger partial charge in [0.2, 0.25) is 0 Å². The highest BCUT2D eigenvalue weighted by Gasteiger charge is 2.09. The lowest BCUT2D eigenvalue weighted by Gasteiger charge is -2.10. The Morgan fingerprint density at radius 3 is 2.61 bits per heavy atom. The molecular formula is C18H18N2O3. The van der Waals surface area contributed by atoms with Crippen molar-refractivity contribution < 1.29 is 14.3 Å². The number of carbonyl (C=O) groups excluding carboxylic acids is 1. The number of hydrogen-bond acceptors (Lipinski definition) is 3. The van der Waals surface area contributed by atoms with Crippen LogP contribution in [0.25, 0.3) is 10.9 Å². The zero-order chi connectivity index (χ0) is 16.1. The summed E-state index contributed by atoms with van der Waals surface area (Å²) >= 11 is 0. The lowest BCUT2D eigenvalue weighted by Crippen LogP contribution is -2.28. The van der Waals surface area contributed by atoms with Crippen LogP contribution in [0.1, 0.15) is 10.5 Å². The predicted octanol–water partition coefficient (Wildman–Crippen LogP) is 2.99. The van der Waals surface area contributed by atoms with Crippen molar-refractivity contribution in [2.24, 2.45) is 0 Å². The Bertz CT molecular complexity index is 778. The van der Waals surface area contributed by atoms with Gasteiger partial charge in [-0.15, -0.1) is 0 Å². The van der Waals surface area contributed by atoms with Crippen LogP contribution in [0.3, 0.4) is 0 Å². The minimum Gasteiger partial charge on any atom is -0.493 e. The van der Waals surface area contributed by atoms with Gasteiger partial charge in [-0.25, -0.2) is 0 Å². The molecule has 0 aliphatic carbocycles. The van der Waals surface area contributed by atoms with Gasteiger partial charge in [0.25, 0.3) is 5.91 Å². The first-order chi connectivity index (χ1) is 11.3. The monoisotopic (exact) mass is 310 g/mol. The quantitative estimate of drug-likeness (QED) is 0.688. The minimum atomic E-state index is -0.148. The maximum atomic E-state index is 12.1. The molecule has 0 aliphatic rings. The van der Waals surface area contributed by atoms with E-state index in [4.69, 9.17) is 9.47 Å². The molecule has 3 rings (SSSR count). The van der Waals surface area contributed by atoms with Crippen LogP contribution in [0.5, 0.6) is 11.5 Å². The number of H-pyrrole nitrogens is 1. The fourth-order valence-corrected chi connectivity index (χ4v) is 2.35. The Hall–Kier alpha value is -2.95. The highest BCUT2D eigenvalue weighted by atomic mass is 16.5. The fourth-order valence-electron chi connectivity index (χ4n) is 2.35. The van der Waals surface area contributed by atoms with Crippen LogP contribution in [0.4, 0.5) is 0 Å². The molecule has 0 saturated carbocycles. The van der Waals surface area contributed by atoms with Crippen LogP contribution < -0.4 is 14.8 Å². The van der Waals surface area contributed by atoms with Gasteiger partial charge in [-0.05, 0) is 24.3 Å². The third-order valence-electron chi connectivity index (χ3n) is 3.49. The van der Waals surface area contributed by atoms with E-state index in [2.05, 4.69) is 10.3 Å². The topological polar surface area (TPSA) is 63.4 Å². The van der Waals surface area contributed by atoms with E-state index in [0.717, 1.165) is 10.9 Å². The first kappa shape index (κ1) is 15.0. The van der Waals surface area contributed by atoms with Gasteiger partial charge in [0, 0.05) is 10.9 Å². The Kier molecular flexibility index (Phi) is 4.47. The largest absolute Gasteiger partial charge is 0.493 e. The fraction of sp³-hybridized carbons (Fsp3) is 0.167. The predicted molar refractivity (Wildman–Crippen MR) is 89.1 cm³/mol. The molecule has 0 aliphatic heterocycles. The average molecular weight is 310 g/mol. The zero-order valence-corrected chi connectivity index (χ0v) is 12.8. The maximum Gasteiger partial charge on any atom is 0.267 e. The van der Waals surface area contributed by atoms with Gasteiger partial charge in [-0.3, -0.25) is 4.79 Å². The Labute approximate surface area is 134 Å². The van der Waals surface area contributed by atoms with Crippen LogP contribution >= 0.6 is 0 Å². The Morgan fingerprint density at radius 2 is 1.83 bits per heavy atom. The summed E-state index contributed by atoms with van der Waals surface area (Å²) < 4.78 is 10.8. The molecule has 0 atom stereocenters. The number of methoxy groups -OCH3 is 1. The summed E-state index contributed by atoms with van der Waals surface area (Å²) in [5.74, 6) is 1.19. The van der Waals surface area contributed by atoms with Crippen molar-refractivity contribution in [3.05, 3.63) is 60.3 Å². The van der Waals surface area contributed by atoms with E-state index in [1.54, 1.807) is 7.11 Å². The molecule has 0 radical (unpaired) electrons. The van der Waals surface area contributed by atoms with Gasteiger partial charge in [0.1, 0.15) is 12.3 Å². The Balaban J connectivity index is 1.53. The van der Waals surface area contributed by atoms with Crippen LogP contribution in [0.15, 0.2) is 54.6 Å². The van der Waals surface area contributed by atoms with Gasteiger partial charge >= 0.3 is 0 Å². The number of ether oxygens (including phenoxy) is 2. The number of hydrogen-bond donors (Lipinski definition) is 2. The Morgan fingerprint density at radius 1 is 1.09 bits per heavy atom. The molecule has 23 heavy (non-hydrogen) atoms. The van der Waals surface area contributed by atoms with E-state index >= 15 is 0 Å². The molecule has 2 aromatic carbocycles. The molecule has 1 amide bonds. The molecule has 0 bridgehead atoms. The molecule has 118 valence electrons. The van der Waals surface area contributed by atoms with E-state index < -0.39 is 0 Å². The number of nitrogens with one attached hydrogen (secondary N) is 2. The van der Waals surface area contributed by atoms with Crippen molar-refractivity contribution in [1.29, 1.82) is 0 Å². The second-order valence-corrected chi connectivity index (χ2v) is 5.03. The number of fused-ring (bicyclic) bond motifs is 1. The number of aromatic nitrogens is 1. The van der Waals surface area contributed by atoms with Crippen LogP contribution in [0.2, 0.25) is 0 Å². The SMILES string of the molecule is COc1ccccc1OCCNC(=O)c1cc2ccccc2[nH]1. The van der Waals surface area contributed by atoms with E-state index in [1.165, 1.54) is 0 Å². The molecule has 0 unspecified atom stereocenters.